The van der Waals surface area contributed by atoms with Crippen LogP contribution in [-0.4, -0.2) is 23.2 Å². The Morgan fingerprint density at radius 3 is 2.56 bits per heavy atom. The summed E-state index contributed by atoms with van der Waals surface area (Å²) >= 11 is 0. The van der Waals surface area contributed by atoms with Crippen molar-refractivity contribution in [2.24, 2.45) is 5.41 Å². The van der Waals surface area contributed by atoms with E-state index in [-0.39, 0.29) is 11.5 Å². The first-order valence-electron chi connectivity index (χ1n) is 8.68. The molecular formula is C21H25NO3. The lowest BCUT2D eigenvalue weighted by atomic mass is 9.64. The van der Waals surface area contributed by atoms with Crippen molar-refractivity contribution in [2.75, 3.05) is 0 Å². The number of nitrogens with one attached hydrogen (secondary N) is 1. The standard InChI is InChI=1S/C21H25NO3/c1-21(2)18(12-19(21)25-14-15-7-4-3-5-8-15)22-13-16-9-6-10-17(11-16)20(23)24/h3-11,18-19,22H,12-14H2,1-2H3,(H,23,24). The van der Waals surface area contributed by atoms with Crippen LogP contribution in [0.5, 0.6) is 0 Å². The fraction of sp³-hybridized carbons (Fsp3) is 0.381. The first-order chi connectivity index (χ1) is 12.0. The van der Waals surface area contributed by atoms with Crippen molar-refractivity contribution in [1.29, 1.82) is 0 Å². The van der Waals surface area contributed by atoms with E-state index in [1.165, 1.54) is 5.56 Å². The van der Waals surface area contributed by atoms with Crippen molar-refractivity contribution in [3.63, 3.8) is 0 Å². The second-order valence-electron chi connectivity index (χ2n) is 7.28. The van der Waals surface area contributed by atoms with Gasteiger partial charge in [-0.25, -0.2) is 4.79 Å². The number of carboxylic acid groups (broad SMARTS) is 1. The SMILES string of the molecule is CC1(C)C(NCc2cccc(C(=O)O)c2)CC1OCc1ccccc1. The van der Waals surface area contributed by atoms with Crippen molar-refractivity contribution >= 4 is 5.97 Å². The van der Waals surface area contributed by atoms with Crippen molar-refractivity contribution in [3.05, 3.63) is 71.3 Å². The fourth-order valence-corrected chi connectivity index (χ4v) is 3.34. The highest BCUT2D eigenvalue weighted by Gasteiger charge is 2.48. The van der Waals surface area contributed by atoms with Crippen molar-refractivity contribution in [3.8, 4) is 0 Å². The molecule has 3 rings (SSSR count). The molecule has 1 saturated carbocycles. The minimum atomic E-state index is -0.889. The number of rotatable bonds is 7. The van der Waals surface area contributed by atoms with Gasteiger partial charge in [-0.05, 0) is 29.7 Å². The van der Waals surface area contributed by atoms with Crippen LogP contribution < -0.4 is 5.32 Å². The molecule has 0 heterocycles. The molecule has 2 aromatic carbocycles. The largest absolute Gasteiger partial charge is 0.478 e. The van der Waals surface area contributed by atoms with Crippen molar-refractivity contribution in [2.45, 2.75) is 45.6 Å². The Hall–Kier alpha value is -2.17. The van der Waals surface area contributed by atoms with E-state index in [0.29, 0.717) is 24.8 Å². The minimum absolute atomic E-state index is 0.0548. The van der Waals surface area contributed by atoms with E-state index in [2.05, 4.69) is 31.3 Å². The summed E-state index contributed by atoms with van der Waals surface area (Å²) < 4.78 is 6.09. The lowest BCUT2D eigenvalue weighted by molar-refractivity contribution is -0.125. The van der Waals surface area contributed by atoms with Crippen molar-refractivity contribution in [1.82, 2.24) is 5.32 Å². The summed E-state index contributed by atoms with van der Waals surface area (Å²) in [5.41, 5.74) is 2.57. The third-order valence-electron chi connectivity index (χ3n) is 5.20. The highest BCUT2D eigenvalue weighted by Crippen LogP contribution is 2.43. The first kappa shape index (κ1) is 17.6. The molecule has 1 aliphatic carbocycles. The van der Waals surface area contributed by atoms with Crippen LogP contribution in [0.15, 0.2) is 54.6 Å². The van der Waals surface area contributed by atoms with Crippen LogP contribution in [0.25, 0.3) is 0 Å². The molecule has 0 radical (unpaired) electrons. The summed E-state index contributed by atoms with van der Waals surface area (Å²) in [4.78, 5) is 11.1. The molecule has 4 heteroatoms. The van der Waals surface area contributed by atoms with E-state index in [9.17, 15) is 4.79 Å². The maximum atomic E-state index is 11.1. The highest BCUT2D eigenvalue weighted by atomic mass is 16.5. The van der Waals surface area contributed by atoms with E-state index in [4.69, 9.17) is 9.84 Å². The summed E-state index contributed by atoms with van der Waals surface area (Å²) in [7, 11) is 0. The van der Waals surface area contributed by atoms with Crippen LogP contribution >= 0.6 is 0 Å². The molecule has 25 heavy (non-hydrogen) atoms. The van der Waals surface area contributed by atoms with Gasteiger partial charge in [-0.1, -0.05) is 56.3 Å². The third-order valence-corrected chi connectivity index (χ3v) is 5.20. The van der Waals surface area contributed by atoms with Gasteiger partial charge in [-0.15, -0.1) is 0 Å². The molecule has 2 atom stereocenters. The molecule has 1 fully saturated rings. The van der Waals surface area contributed by atoms with Crippen LogP contribution in [0.2, 0.25) is 0 Å². The number of hydrogen-bond donors (Lipinski definition) is 2. The second-order valence-corrected chi connectivity index (χ2v) is 7.28. The van der Waals surface area contributed by atoms with E-state index in [1.54, 1.807) is 18.2 Å². The van der Waals surface area contributed by atoms with Gasteiger partial charge in [0.2, 0.25) is 0 Å². The summed E-state index contributed by atoms with van der Waals surface area (Å²) in [6.07, 6.45) is 1.20. The molecule has 0 saturated heterocycles. The molecular weight excluding hydrogens is 314 g/mol. The maximum Gasteiger partial charge on any atom is 0.335 e. The number of aromatic carboxylic acids is 1. The fourth-order valence-electron chi connectivity index (χ4n) is 3.34. The molecule has 1 aliphatic rings. The van der Waals surface area contributed by atoms with Gasteiger partial charge in [-0.2, -0.15) is 0 Å². The lowest BCUT2D eigenvalue weighted by Crippen LogP contribution is -2.60. The molecule has 0 bridgehead atoms. The van der Waals surface area contributed by atoms with Gasteiger partial charge in [0, 0.05) is 18.0 Å². The highest BCUT2D eigenvalue weighted by molar-refractivity contribution is 5.87. The monoisotopic (exact) mass is 339 g/mol. The van der Waals surface area contributed by atoms with Gasteiger partial charge >= 0.3 is 5.97 Å². The Labute approximate surface area is 148 Å². The normalized spacial score (nSPS) is 21.5. The molecule has 0 aromatic heterocycles. The second kappa shape index (κ2) is 7.38. The van der Waals surface area contributed by atoms with Crippen LogP contribution in [0.1, 0.15) is 41.8 Å². The van der Waals surface area contributed by atoms with Gasteiger partial charge in [0.1, 0.15) is 0 Å². The zero-order valence-electron chi connectivity index (χ0n) is 14.7. The predicted octanol–water partition coefficient (Wildman–Crippen LogP) is 3.86. The number of benzene rings is 2. The van der Waals surface area contributed by atoms with Gasteiger partial charge < -0.3 is 15.2 Å². The number of ether oxygens (including phenoxy) is 1. The average molecular weight is 339 g/mol. The predicted molar refractivity (Wildman–Crippen MR) is 97.4 cm³/mol. The van der Waals surface area contributed by atoms with Crippen LogP contribution in [0, 0.1) is 5.41 Å². The zero-order chi connectivity index (χ0) is 17.9. The van der Waals surface area contributed by atoms with Crippen molar-refractivity contribution < 1.29 is 14.6 Å². The third kappa shape index (κ3) is 4.09. The molecule has 132 valence electrons. The summed E-state index contributed by atoms with van der Waals surface area (Å²) in [6.45, 7) is 5.75. The smallest absolute Gasteiger partial charge is 0.335 e. The molecule has 0 aliphatic heterocycles. The summed E-state index contributed by atoms with van der Waals surface area (Å²) in [5, 5.41) is 12.6. The first-order valence-corrected chi connectivity index (χ1v) is 8.68. The van der Waals surface area contributed by atoms with Crippen LogP contribution in [0.4, 0.5) is 0 Å². The Balaban J connectivity index is 1.50. The molecule has 2 aromatic rings. The maximum absolute atomic E-state index is 11.1. The van der Waals surface area contributed by atoms with Crippen LogP contribution in [0.3, 0.4) is 0 Å². The van der Waals surface area contributed by atoms with Crippen LogP contribution in [-0.2, 0) is 17.9 Å². The topological polar surface area (TPSA) is 58.6 Å². The Morgan fingerprint density at radius 2 is 1.88 bits per heavy atom. The van der Waals surface area contributed by atoms with Gasteiger partial charge in [0.25, 0.3) is 0 Å². The molecule has 2 N–H and O–H groups in total. The zero-order valence-corrected chi connectivity index (χ0v) is 14.7. The molecule has 4 nitrogen and oxygen atoms in total. The van der Waals surface area contributed by atoms with E-state index < -0.39 is 5.97 Å². The Kier molecular flexibility index (Phi) is 5.21. The van der Waals surface area contributed by atoms with Gasteiger partial charge in [0.05, 0.1) is 18.3 Å². The Morgan fingerprint density at radius 1 is 1.16 bits per heavy atom. The van der Waals surface area contributed by atoms with E-state index in [1.807, 2.05) is 24.3 Å². The summed E-state index contributed by atoms with van der Waals surface area (Å²) in [5.74, 6) is -0.889. The summed E-state index contributed by atoms with van der Waals surface area (Å²) in [6, 6.07) is 17.7. The molecule has 0 spiro atoms. The average Bonchev–Trinajstić information content (AvgIpc) is 2.61. The van der Waals surface area contributed by atoms with E-state index >= 15 is 0 Å². The number of carboxylic acids is 1. The number of hydrogen-bond acceptors (Lipinski definition) is 3. The van der Waals surface area contributed by atoms with E-state index in [0.717, 1.165) is 12.0 Å². The molecule has 2 unspecified atom stereocenters. The quantitative estimate of drug-likeness (QED) is 0.804. The number of carbonyl (C=O) groups is 1. The lowest BCUT2D eigenvalue weighted by Gasteiger charge is -2.52. The molecule has 0 amide bonds. The van der Waals surface area contributed by atoms with Gasteiger partial charge in [0.15, 0.2) is 0 Å². The minimum Gasteiger partial charge on any atom is -0.478 e. The Bertz CT molecular complexity index is 727. The van der Waals surface area contributed by atoms with Gasteiger partial charge in [-0.3, -0.25) is 0 Å².